The Morgan fingerprint density at radius 2 is 1.88 bits per heavy atom. The number of carbonyl (C=O) groups is 1. The summed E-state index contributed by atoms with van der Waals surface area (Å²) in [7, 11) is 0. The third kappa shape index (κ3) is 2.65. The molecule has 1 heterocycles. The van der Waals surface area contributed by atoms with Crippen LogP contribution < -0.4 is 5.32 Å². The second-order valence-corrected chi connectivity index (χ2v) is 7.11. The lowest BCUT2D eigenvalue weighted by atomic mass is 9.92. The molecule has 2 N–H and O–H groups in total. The van der Waals surface area contributed by atoms with E-state index in [2.05, 4.69) is 29.6 Å². The minimum atomic E-state index is -0.285. The number of carbonyl (C=O) groups excluding carboxylic acids is 1. The summed E-state index contributed by atoms with van der Waals surface area (Å²) >= 11 is 0. The molecule has 1 aliphatic heterocycles. The van der Waals surface area contributed by atoms with Crippen LogP contribution in [0.4, 0.5) is 10.5 Å². The lowest BCUT2D eigenvalue weighted by molar-refractivity contribution is 0.0820. The number of hydrogen-bond donors (Lipinski definition) is 2. The van der Waals surface area contributed by atoms with Gasteiger partial charge in [-0.3, -0.25) is 0 Å². The predicted molar refractivity (Wildman–Crippen MR) is 96.4 cm³/mol. The highest BCUT2D eigenvalue weighted by atomic mass is 16.3. The number of anilines is 1. The largest absolute Gasteiger partial charge is 0.393 e. The Labute approximate surface area is 142 Å². The van der Waals surface area contributed by atoms with Crippen molar-refractivity contribution in [1.29, 1.82) is 0 Å². The Morgan fingerprint density at radius 3 is 2.58 bits per heavy atom. The molecule has 1 unspecified atom stereocenters. The first-order valence-corrected chi connectivity index (χ1v) is 8.91. The summed E-state index contributed by atoms with van der Waals surface area (Å²) in [6.07, 6.45) is 3.64. The number of hydrogen-bond acceptors (Lipinski definition) is 2. The van der Waals surface area contributed by atoms with Crippen LogP contribution in [0.5, 0.6) is 0 Å². The fraction of sp³-hybridized carbons (Fsp3) is 0.450. The second-order valence-electron chi connectivity index (χ2n) is 7.11. The molecule has 1 aliphatic carbocycles. The Hall–Kier alpha value is -2.07. The predicted octanol–water partition coefficient (Wildman–Crippen LogP) is 3.56. The van der Waals surface area contributed by atoms with Crippen molar-refractivity contribution in [2.24, 2.45) is 5.92 Å². The Morgan fingerprint density at radius 1 is 1.17 bits per heavy atom. The molecule has 126 valence electrons. The van der Waals surface area contributed by atoms with Crippen molar-refractivity contribution in [1.82, 2.24) is 4.90 Å². The average molecular weight is 324 g/mol. The van der Waals surface area contributed by atoms with Crippen molar-refractivity contribution in [3.63, 3.8) is 0 Å². The van der Waals surface area contributed by atoms with Crippen molar-refractivity contribution < 1.29 is 9.90 Å². The number of rotatable bonds is 2. The molecule has 4 heteroatoms. The van der Waals surface area contributed by atoms with Gasteiger partial charge in [-0.05, 0) is 61.1 Å². The van der Waals surface area contributed by atoms with Gasteiger partial charge < -0.3 is 15.3 Å². The van der Waals surface area contributed by atoms with Gasteiger partial charge in [0.15, 0.2) is 0 Å². The lowest BCUT2D eigenvalue weighted by Crippen LogP contribution is -2.42. The van der Waals surface area contributed by atoms with E-state index >= 15 is 0 Å². The summed E-state index contributed by atoms with van der Waals surface area (Å²) in [6, 6.07) is 10.5. The molecule has 1 saturated heterocycles. The molecule has 0 aromatic heterocycles. The molecule has 1 fully saturated rings. The summed E-state index contributed by atoms with van der Waals surface area (Å²) in [5.41, 5.74) is 3.67. The number of benzene rings is 2. The summed E-state index contributed by atoms with van der Waals surface area (Å²) in [4.78, 5) is 14.5. The molecular formula is C20H24N2O2. The Balaban J connectivity index is 1.52. The summed E-state index contributed by atoms with van der Waals surface area (Å²) in [6.45, 7) is 3.26. The van der Waals surface area contributed by atoms with Crippen LogP contribution in [0.15, 0.2) is 30.3 Å². The molecule has 0 bridgehead atoms. The van der Waals surface area contributed by atoms with Crippen molar-refractivity contribution in [3.8, 4) is 0 Å². The van der Waals surface area contributed by atoms with E-state index in [0.717, 1.165) is 36.8 Å². The monoisotopic (exact) mass is 324 g/mol. The molecule has 24 heavy (non-hydrogen) atoms. The molecule has 2 aliphatic rings. The first-order valence-electron chi connectivity index (χ1n) is 8.91. The molecule has 2 amide bonds. The fourth-order valence-electron chi connectivity index (χ4n) is 4.14. The van der Waals surface area contributed by atoms with E-state index in [4.69, 9.17) is 0 Å². The standard InChI is InChI=1S/C20H24N2O2/c1-13(23)14-9-11-22(12-10-14)20(24)21-18-8-7-16-6-5-15-3-2-4-17(18)19(15)16/h2-4,7-8,13-14,23H,5-6,9-12H2,1H3,(H,21,24). The number of aryl methyl sites for hydroxylation is 2. The normalized spacial score (nSPS) is 18.8. The van der Waals surface area contributed by atoms with Crippen LogP contribution in [0.3, 0.4) is 0 Å². The molecule has 2 aromatic rings. The molecule has 0 saturated carbocycles. The second kappa shape index (κ2) is 6.10. The van der Waals surface area contributed by atoms with Gasteiger partial charge in [0, 0.05) is 18.5 Å². The van der Waals surface area contributed by atoms with Crippen LogP contribution >= 0.6 is 0 Å². The van der Waals surface area contributed by atoms with Gasteiger partial charge in [0.1, 0.15) is 0 Å². The average Bonchev–Trinajstić information content (AvgIpc) is 3.02. The molecule has 0 spiro atoms. The van der Waals surface area contributed by atoms with E-state index < -0.39 is 0 Å². The van der Waals surface area contributed by atoms with Crippen molar-refractivity contribution in [3.05, 3.63) is 41.5 Å². The van der Waals surface area contributed by atoms with Crippen LogP contribution in [-0.2, 0) is 12.8 Å². The van der Waals surface area contributed by atoms with Crippen LogP contribution in [0.1, 0.15) is 30.9 Å². The highest BCUT2D eigenvalue weighted by Gasteiger charge is 2.26. The quantitative estimate of drug-likeness (QED) is 0.887. The topological polar surface area (TPSA) is 52.6 Å². The number of aliphatic hydroxyl groups is 1. The molecule has 0 radical (unpaired) electrons. The zero-order valence-electron chi connectivity index (χ0n) is 14.1. The SMILES string of the molecule is CC(O)C1CCN(C(=O)Nc2ccc3c4c(cccc24)CC3)CC1. The highest BCUT2D eigenvalue weighted by molar-refractivity contribution is 6.04. The minimum absolute atomic E-state index is 0.0299. The van der Waals surface area contributed by atoms with Crippen LogP contribution in [-0.4, -0.2) is 35.2 Å². The van der Waals surface area contributed by atoms with Crippen molar-refractivity contribution >= 4 is 22.5 Å². The lowest BCUT2D eigenvalue weighted by Gasteiger charge is -2.33. The third-order valence-corrected chi connectivity index (χ3v) is 5.63. The Kier molecular flexibility index (Phi) is 3.93. The zero-order chi connectivity index (χ0) is 16.7. The van der Waals surface area contributed by atoms with Gasteiger partial charge in [-0.1, -0.05) is 24.3 Å². The molecule has 1 atom stereocenters. The summed E-state index contributed by atoms with van der Waals surface area (Å²) < 4.78 is 0. The van der Waals surface area contributed by atoms with Crippen LogP contribution in [0.25, 0.3) is 10.8 Å². The fourth-order valence-corrected chi connectivity index (χ4v) is 4.14. The van der Waals surface area contributed by atoms with Gasteiger partial charge >= 0.3 is 6.03 Å². The van der Waals surface area contributed by atoms with E-state index in [-0.39, 0.29) is 12.1 Å². The number of nitrogens with one attached hydrogen (secondary N) is 1. The maximum absolute atomic E-state index is 12.6. The smallest absolute Gasteiger partial charge is 0.321 e. The summed E-state index contributed by atoms with van der Waals surface area (Å²) in [5, 5.41) is 15.3. The van der Waals surface area contributed by atoms with Crippen molar-refractivity contribution in [2.75, 3.05) is 18.4 Å². The highest BCUT2D eigenvalue weighted by Crippen LogP contribution is 2.35. The van der Waals surface area contributed by atoms with E-state index in [1.807, 2.05) is 17.9 Å². The number of aliphatic hydroxyl groups excluding tert-OH is 1. The van der Waals surface area contributed by atoms with E-state index in [1.165, 1.54) is 16.5 Å². The number of likely N-dealkylation sites (tertiary alicyclic amines) is 1. The Bertz CT molecular complexity index is 766. The van der Waals surface area contributed by atoms with Gasteiger partial charge in [-0.15, -0.1) is 0 Å². The van der Waals surface area contributed by atoms with Crippen molar-refractivity contribution in [2.45, 2.75) is 38.7 Å². The van der Waals surface area contributed by atoms with E-state index in [0.29, 0.717) is 19.0 Å². The first kappa shape index (κ1) is 15.5. The number of amides is 2. The summed E-state index contributed by atoms with van der Waals surface area (Å²) in [5.74, 6) is 0.311. The maximum atomic E-state index is 12.6. The zero-order valence-corrected chi connectivity index (χ0v) is 14.1. The molecule has 2 aromatic carbocycles. The number of urea groups is 1. The van der Waals surface area contributed by atoms with Gasteiger partial charge in [0.25, 0.3) is 0 Å². The first-order chi connectivity index (χ1) is 11.6. The molecule has 4 nitrogen and oxygen atoms in total. The maximum Gasteiger partial charge on any atom is 0.321 e. The molecular weight excluding hydrogens is 300 g/mol. The van der Waals surface area contributed by atoms with Crippen LogP contribution in [0, 0.1) is 5.92 Å². The van der Waals surface area contributed by atoms with Gasteiger partial charge in [0.05, 0.1) is 11.8 Å². The van der Waals surface area contributed by atoms with E-state index in [1.54, 1.807) is 0 Å². The van der Waals surface area contributed by atoms with Crippen LogP contribution in [0.2, 0.25) is 0 Å². The van der Waals surface area contributed by atoms with Gasteiger partial charge in [0.2, 0.25) is 0 Å². The number of piperidine rings is 1. The van der Waals surface area contributed by atoms with Gasteiger partial charge in [-0.2, -0.15) is 0 Å². The molecule has 4 rings (SSSR count). The van der Waals surface area contributed by atoms with Gasteiger partial charge in [-0.25, -0.2) is 4.79 Å². The van der Waals surface area contributed by atoms with E-state index in [9.17, 15) is 9.90 Å². The minimum Gasteiger partial charge on any atom is -0.393 e. The number of nitrogens with zero attached hydrogens (tertiary/aromatic N) is 1. The third-order valence-electron chi connectivity index (χ3n) is 5.63.